The lowest BCUT2D eigenvalue weighted by Crippen LogP contribution is -2.44. The number of para-hydroxylation sites is 1. The van der Waals surface area contributed by atoms with E-state index in [1.54, 1.807) is 18.2 Å². The summed E-state index contributed by atoms with van der Waals surface area (Å²) in [4.78, 5) is 30.0. The maximum atomic E-state index is 13.0. The molecule has 4 aromatic rings. The molecule has 4 rings (SSSR count). The van der Waals surface area contributed by atoms with Crippen molar-refractivity contribution >= 4 is 51.7 Å². The summed E-state index contributed by atoms with van der Waals surface area (Å²) in [5.74, 6) is -0.0518. The number of halogens is 2. The summed E-state index contributed by atoms with van der Waals surface area (Å²) >= 11 is 11.9. The van der Waals surface area contributed by atoms with Gasteiger partial charge in [0.05, 0.1) is 26.8 Å². The lowest BCUT2D eigenvalue weighted by Gasteiger charge is -2.13. The Morgan fingerprint density at radius 1 is 0.853 bits per heavy atom. The molecule has 0 spiro atoms. The van der Waals surface area contributed by atoms with Gasteiger partial charge in [-0.2, -0.15) is 0 Å². The number of nitrogens with one attached hydrogen (secondary N) is 3. The molecule has 0 atom stereocenters. The number of pyridine rings is 1. The standard InChI is InChI=1S/C26H22Cl2N4O2/c1-15(2)16-7-9-17(10-8-16)24-14-20(19-5-3-4-6-23(19)30-24)25(33)31-32-26(34)29-18-11-12-21(27)22(28)13-18/h3-15H,1-2H3,(H,31,33)(H2,29,32,34). The Hall–Kier alpha value is -3.61. The van der Waals surface area contributed by atoms with Gasteiger partial charge in [-0.3, -0.25) is 10.2 Å². The summed E-state index contributed by atoms with van der Waals surface area (Å²) in [6, 6.07) is 21.3. The van der Waals surface area contributed by atoms with Crippen LogP contribution in [0.1, 0.15) is 35.7 Å². The largest absolute Gasteiger partial charge is 0.337 e. The lowest BCUT2D eigenvalue weighted by atomic mass is 9.99. The third-order valence-electron chi connectivity index (χ3n) is 5.30. The van der Waals surface area contributed by atoms with Crippen molar-refractivity contribution in [1.29, 1.82) is 0 Å². The fourth-order valence-electron chi connectivity index (χ4n) is 3.47. The molecule has 0 fully saturated rings. The number of nitrogens with zero attached hydrogens (tertiary/aromatic N) is 1. The van der Waals surface area contributed by atoms with Crippen molar-refractivity contribution in [1.82, 2.24) is 15.8 Å². The number of aromatic nitrogens is 1. The maximum Gasteiger partial charge on any atom is 0.337 e. The number of carbonyl (C=O) groups is 2. The zero-order chi connectivity index (χ0) is 24.2. The molecule has 3 amide bonds. The predicted molar refractivity (Wildman–Crippen MR) is 137 cm³/mol. The topological polar surface area (TPSA) is 83.1 Å². The van der Waals surface area contributed by atoms with E-state index in [1.807, 2.05) is 36.4 Å². The van der Waals surface area contributed by atoms with Gasteiger partial charge in [-0.05, 0) is 41.8 Å². The first-order valence-electron chi connectivity index (χ1n) is 10.6. The number of amides is 3. The fraction of sp³-hybridized carbons (Fsp3) is 0.115. The monoisotopic (exact) mass is 492 g/mol. The van der Waals surface area contributed by atoms with Gasteiger partial charge in [-0.15, -0.1) is 0 Å². The van der Waals surface area contributed by atoms with Gasteiger partial charge in [-0.25, -0.2) is 15.2 Å². The Balaban J connectivity index is 1.55. The second kappa shape index (κ2) is 10.1. The van der Waals surface area contributed by atoms with Crippen LogP contribution in [-0.2, 0) is 0 Å². The first-order valence-corrected chi connectivity index (χ1v) is 11.4. The highest BCUT2D eigenvalue weighted by Gasteiger charge is 2.15. The minimum absolute atomic E-state index is 0.306. The summed E-state index contributed by atoms with van der Waals surface area (Å²) < 4.78 is 0. The van der Waals surface area contributed by atoms with Crippen molar-refractivity contribution in [2.75, 3.05) is 5.32 Å². The molecule has 0 unspecified atom stereocenters. The van der Waals surface area contributed by atoms with E-state index in [2.05, 4.69) is 42.1 Å². The zero-order valence-electron chi connectivity index (χ0n) is 18.5. The summed E-state index contributed by atoms with van der Waals surface area (Å²) in [6.45, 7) is 4.27. The van der Waals surface area contributed by atoms with Gasteiger partial charge in [0.15, 0.2) is 0 Å². The predicted octanol–water partition coefficient (Wildman–Crippen LogP) is 6.80. The highest BCUT2D eigenvalue weighted by atomic mass is 35.5. The normalized spacial score (nSPS) is 10.9. The molecule has 0 saturated heterocycles. The molecule has 0 aliphatic rings. The number of carbonyl (C=O) groups excluding carboxylic acids is 2. The second-order valence-corrected chi connectivity index (χ2v) is 8.83. The van der Waals surface area contributed by atoms with Gasteiger partial charge in [0.2, 0.25) is 0 Å². The van der Waals surface area contributed by atoms with Crippen LogP contribution in [-0.4, -0.2) is 16.9 Å². The molecule has 0 aliphatic carbocycles. The number of rotatable bonds is 4. The van der Waals surface area contributed by atoms with Gasteiger partial charge >= 0.3 is 6.03 Å². The average Bonchev–Trinajstić information content (AvgIpc) is 2.84. The van der Waals surface area contributed by atoms with E-state index in [0.717, 1.165) is 5.56 Å². The van der Waals surface area contributed by atoms with Crippen molar-refractivity contribution in [3.05, 3.63) is 94.0 Å². The van der Waals surface area contributed by atoms with E-state index in [0.29, 0.717) is 43.8 Å². The van der Waals surface area contributed by atoms with Crippen LogP contribution in [0.25, 0.3) is 22.2 Å². The molecule has 0 aliphatic heterocycles. The molecule has 0 radical (unpaired) electrons. The number of anilines is 1. The molecule has 1 aromatic heterocycles. The van der Waals surface area contributed by atoms with Gasteiger partial charge in [0, 0.05) is 16.6 Å². The molecule has 6 nitrogen and oxygen atoms in total. The molecule has 3 N–H and O–H groups in total. The van der Waals surface area contributed by atoms with Gasteiger partial charge < -0.3 is 5.32 Å². The van der Waals surface area contributed by atoms with Crippen molar-refractivity contribution in [3.63, 3.8) is 0 Å². The third kappa shape index (κ3) is 5.30. The number of hydrazine groups is 1. The quantitative estimate of drug-likeness (QED) is 0.274. The van der Waals surface area contributed by atoms with E-state index in [4.69, 9.17) is 28.2 Å². The third-order valence-corrected chi connectivity index (χ3v) is 6.04. The average molecular weight is 493 g/mol. The van der Waals surface area contributed by atoms with Crippen LogP contribution in [0.3, 0.4) is 0 Å². The van der Waals surface area contributed by atoms with E-state index in [1.165, 1.54) is 11.6 Å². The Morgan fingerprint density at radius 2 is 1.59 bits per heavy atom. The molecule has 172 valence electrons. The molecule has 0 bridgehead atoms. The Labute approximate surface area is 207 Å². The van der Waals surface area contributed by atoms with Crippen LogP contribution in [0.2, 0.25) is 10.0 Å². The number of hydrogen-bond donors (Lipinski definition) is 3. The van der Waals surface area contributed by atoms with Gasteiger partial charge in [0.1, 0.15) is 0 Å². The molecule has 0 saturated carbocycles. The van der Waals surface area contributed by atoms with E-state index < -0.39 is 11.9 Å². The highest BCUT2D eigenvalue weighted by Crippen LogP contribution is 2.27. The minimum atomic E-state index is -0.630. The molecule has 1 heterocycles. The first kappa shape index (κ1) is 23.5. The van der Waals surface area contributed by atoms with Crippen molar-refractivity contribution in [2.45, 2.75) is 19.8 Å². The Morgan fingerprint density at radius 3 is 2.29 bits per heavy atom. The molecule has 34 heavy (non-hydrogen) atoms. The molecule has 3 aromatic carbocycles. The zero-order valence-corrected chi connectivity index (χ0v) is 20.0. The molecular formula is C26H22Cl2N4O2. The van der Waals surface area contributed by atoms with Crippen molar-refractivity contribution in [2.24, 2.45) is 0 Å². The Bertz CT molecular complexity index is 1370. The van der Waals surface area contributed by atoms with Crippen LogP contribution in [0.5, 0.6) is 0 Å². The van der Waals surface area contributed by atoms with Crippen LogP contribution < -0.4 is 16.2 Å². The summed E-state index contributed by atoms with van der Waals surface area (Å²) in [7, 11) is 0. The van der Waals surface area contributed by atoms with Crippen LogP contribution in [0, 0.1) is 0 Å². The minimum Gasteiger partial charge on any atom is -0.307 e. The van der Waals surface area contributed by atoms with E-state index >= 15 is 0 Å². The number of benzene rings is 3. The SMILES string of the molecule is CC(C)c1ccc(-c2cc(C(=O)NNC(=O)Nc3ccc(Cl)c(Cl)c3)c3ccccc3n2)cc1. The highest BCUT2D eigenvalue weighted by molar-refractivity contribution is 6.42. The number of fused-ring (bicyclic) bond motifs is 1. The van der Waals surface area contributed by atoms with Crippen molar-refractivity contribution in [3.8, 4) is 11.3 Å². The Kier molecular flexibility index (Phi) is 7.01. The van der Waals surface area contributed by atoms with Crippen LogP contribution in [0.15, 0.2) is 72.8 Å². The summed E-state index contributed by atoms with van der Waals surface area (Å²) in [6.07, 6.45) is 0. The molecular weight excluding hydrogens is 471 g/mol. The summed E-state index contributed by atoms with van der Waals surface area (Å²) in [5.41, 5.74) is 9.10. The molecule has 8 heteroatoms. The van der Waals surface area contributed by atoms with Gasteiger partial charge in [0.25, 0.3) is 5.91 Å². The lowest BCUT2D eigenvalue weighted by molar-refractivity contribution is 0.0939. The van der Waals surface area contributed by atoms with Crippen LogP contribution >= 0.6 is 23.2 Å². The van der Waals surface area contributed by atoms with Crippen molar-refractivity contribution < 1.29 is 9.59 Å². The number of urea groups is 1. The number of hydrogen-bond acceptors (Lipinski definition) is 3. The second-order valence-electron chi connectivity index (χ2n) is 8.01. The fourth-order valence-corrected chi connectivity index (χ4v) is 3.77. The smallest absolute Gasteiger partial charge is 0.307 e. The first-order chi connectivity index (χ1) is 16.3. The summed E-state index contributed by atoms with van der Waals surface area (Å²) in [5, 5.41) is 3.94. The van der Waals surface area contributed by atoms with E-state index in [9.17, 15) is 9.59 Å². The van der Waals surface area contributed by atoms with Crippen LogP contribution in [0.4, 0.5) is 10.5 Å². The van der Waals surface area contributed by atoms with E-state index in [-0.39, 0.29) is 0 Å². The van der Waals surface area contributed by atoms with Gasteiger partial charge in [-0.1, -0.05) is 79.5 Å². The maximum absolute atomic E-state index is 13.0.